The number of hydrogen-bond donors (Lipinski definition) is 1. The van der Waals surface area contributed by atoms with Crippen molar-refractivity contribution in [3.8, 4) is 0 Å². The standard InChI is InChI=1S/C23H43NO2/c1-2-3-4-5-6-7-8-9-10-11-12-13-15-18-21(25)23(22(24)26)19-16-14-17-20-23/h2-20H2,1H3,(H2,24,26). The fraction of sp³-hybridized carbons (Fsp3) is 0.913. The number of nitrogens with two attached hydrogens (primary N) is 1. The number of amides is 1. The summed E-state index contributed by atoms with van der Waals surface area (Å²) < 4.78 is 0. The van der Waals surface area contributed by atoms with Gasteiger partial charge >= 0.3 is 0 Å². The van der Waals surface area contributed by atoms with Crippen LogP contribution in [0.15, 0.2) is 0 Å². The van der Waals surface area contributed by atoms with Crippen molar-refractivity contribution in [3.05, 3.63) is 0 Å². The van der Waals surface area contributed by atoms with Crippen molar-refractivity contribution in [2.75, 3.05) is 0 Å². The summed E-state index contributed by atoms with van der Waals surface area (Å²) >= 11 is 0. The molecule has 0 aliphatic heterocycles. The Morgan fingerprint density at radius 3 is 1.54 bits per heavy atom. The van der Waals surface area contributed by atoms with E-state index in [9.17, 15) is 9.59 Å². The Hall–Kier alpha value is -0.860. The van der Waals surface area contributed by atoms with Crippen LogP contribution >= 0.6 is 0 Å². The highest BCUT2D eigenvalue weighted by molar-refractivity contribution is 6.05. The first-order valence-corrected chi connectivity index (χ1v) is 11.5. The Bertz CT molecular complexity index is 386. The number of unbranched alkanes of at least 4 members (excludes halogenated alkanes) is 12. The molecule has 0 aromatic carbocycles. The van der Waals surface area contributed by atoms with Crippen molar-refractivity contribution in [1.29, 1.82) is 0 Å². The summed E-state index contributed by atoms with van der Waals surface area (Å²) in [6.45, 7) is 2.27. The molecule has 152 valence electrons. The molecule has 0 aromatic heterocycles. The fourth-order valence-electron chi connectivity index (χ4n) is 4.36. The van der Waals surface area contributed by atoms with Crippen LogP contribution in [0, 0.1) is 5.41 Å². The quantitative estimate of drug-likeness (QED) is 0.251. The summed E-state index contributed by atoms with van der Waals surface area (Å²) in [7, 11) is 0. The predicted octanol–water partition coefficient (Wildman–Crippen LogP) is 6.47. The fourth-order valence-corrected chi connectivity index (χ4v) is 4.36. The van der Waals surface area contributed by atoms with E-state index in [2.05, 4.69) is 6.92 Å². The SMILES string of the molecule is CCCCCCCCCCCCCCCC(=O)C1(C(N)=O)CCCCC1. The predicted molar refractivity (Wildman–Crippen MR) is 110 cm³/mol. The van der Waals surface area contributed by atoms with Gasteiger partial charge in [-0.3, -0.25) is 9.59 Å². The number of Topliss-reactive ketones (excluding diaryl/α,β-unsaturated/α-hetero) is 1. The second kappa shape index (κ2) is 14.2. The topological polar surface area (TPSA) is 60.2 Å². The lowest BCUT2D eigenvalue weighted by Gasteiger charge is -2.32. The third kappa shape index (κ3) is 8.68. The Morgan fingerprint density at radius 1 is 0.692 bits per heavy atom. The van der Waals surface area contributed by atoms with Gasteiger partial charge in [0.25, 0.3) is 0 Å². The zero-order valence-electron chi connectivity index (χ0n) is 17.3. The number of primary amides is 1. The van der Waals surface area contributed by atoms with Gasteiger partial charge in [0.1, 0.15) is 11.2 Å². The van der Waals surface area contributed by atoms with Crippen LogP contribution in [0.4, 0.5) is 0 Å². The molecule has 1 saturated carbocycles. The van der Waals surface area contributed by atoms with Crippen LogP contribution < -0.4 is 5.73 Å². The van der Waals surface area contributed by atoms with Crippen LogP contribution in [0.5, 0.6) is 0 Å². The molecular weight excluding hydrogens is 322 g/mol. The molecule has 1 rings (SSSR count). The highest BCUT2D eigenvalue weighted by Gasteiger charge is 2.43. The largest absolute Gasteiger partial charge is 0.369 e. The number of hydrogen-bond acceptors (Lipinski definition) is 2. The molecule has 0 heterocycles. The highest BCUT2D eigenvalue weighted by Crippen LogP contribution is 2.38. The molecule has 1 fully saturated rings. The van der Waals surface area contributed by atoms with Crippen LogP contribution in [0.2, 0.25) is 0 Å². The van der Waals surface area contributed by atoms with Crippen LogP contribution in [-0.4, -0.2) is 11.7 Å². The van der Waals surface area contributed by atoms with Gasteiger partial charge in [-0.25, -0.2) is 0 Å². The van der Waals surface area contributed by atoms with Gasteiger partial charge in [0.2, 0.25) is 5.91 Å². The molecule has 26 heavy (non-hydrogen) atoms. The minimum absolute atomic E-state index is 0.118. The minimum Gasteiger partial charge on any atom is -0.369 e. The van der Waals surface area contributed by atoms with Crippen LogP contribution in [0.25, 0.3) is 0 Å². The minimum atomic E-state index is -0.824. The summed E-state index contributed by atoms with van der Waals surface area (Å²) in [5.74, 6) is -0.260. The zero-order valence-corrected chi connectivity index (χ0v) is 17.3. The maximum absolute atomic E-state index is 12.6. The highest BCUT2D eigenvalue weighted by atomic mass is 16.2. The summed E-state index contributed by atoms with van der Waals surface area (Å²) in [6.07, 6.45) is 21.9. The summed E-state index contributed by atoms with van der Waals surface area (Å²) in [5.41, 5.74) is 4.76. The Kier molecular flexibility index (Phi) is 12.7. The zero-order chi connectivity index (χ0) is 19.1. The summed E-state index contributed by atoms with van der Waals surface area (Å²) in [5, 5.41) is 0. The van der Waals surface area contributed by atoms with E-state index < -0.39 is 5.41 Å². The van der Waals surface area contributed by atoms with Crippen molar-refractivity contribution in [3.63, 3.8) is 0 Å². The maximum atomic E-state index is 12.6. The molecule has 3 heteroatoms. The smallest absolute Gasteiger partial charge is 0.231 e. The van der Waals surface area contributed by atoms with E-state index in [1.807, 2.05) is 0 Å². The average molecular weight is 366 g/mol. The first kappa shape index (κ1) is 23.2. The van der Waals surface area contributed by atoms with Gasteiger partial charge in [-0.15, -0.1) is 0 Å². The average Bonchev–Trinajstić information content (AvgIpc) is 2.65. The lowest BCUT2D eigenvalue weighted by Crippen LogP contribution is -2.45. The van der Waals surface area contributed by atoms with Crippen molar-refractivity contribution in [2.24, 2.45) is 11.1 Å². The maximum Gasteiger partial charge on any atom is 0.231 e. The van der Waals surface area contributed by atoms with Crippen molar-refractivity contribution in [1.82, 2.24) is 0 Å². The van der Waals surface area contributed by atoms with E-state index in [-0.39, 0.29) is 11.7 Å². The molecule has 0 atom stereocenters. The summed E-state index contributed by atoms with van der Waals surface area (Å²) in [4.78, 5) is 24.4. The molecular formula is C23H43NO2. The van der Waals surface area contributed by atoms with E-state index in [1.165, 1.54) is 70.6 Å². The number of carbonyl (C=O) groups excluding carboxylic acids is 2. The molecule has 1 amide bonds. The van der Waals surface area contributed by atoms with Gasteiger partial charge in [0.05, 0.1) is 0 Å². The molecule has 3 nitrogen and oxygen atoms in total. The van der Waals surface area contributed by atoms with E-state index in [0.29, 0.717) is 19.3 Å². The lowest BCUT2D eigenvalue weighted by molar-refractivity contribution is -0.142. The third-order valence-corrected chi connectivity index (χ3v) is 6.22. The molecule has 0 unspecified atom stereocenters. The van der Waals surface area contributed by atoms with E-state index in [0.717, 1.165) is 32.1 Å². The molecule has 1 aliphatic rings. The number of ketones is 1. The van der Waals surface area contributed by atoms with Crippen molar-refractivity contribution in [2.45, 2.75) is 129 Å². The monoisotopic (exact) mass is 365 g/mol. The second-order valence-electron chi connectivity index (χ2n) is 8.42. The van der Waals surface area contributed by atoms with Gasteiger partial charge in [-0.05, 0) is 19.3 Å². The summed E-state index contributed by atoms with van der Waals surface area (Å²) in [6, 6.07) is 0. The Labute approximate surface area is 161 Å². The van der Waals surface area contributed by atoms with Gasteiger partial charge in [-0.2, -0.15) is 0 Å². The molecule has 1 aliphatic carbocycles. The van der Waals surface area contributed by atoms with Crippen molar-refractivity contribution < 1.29 is 9.59 Å². The van der Waals surface area contributed by atoms with E-state index in [1.54, 1.807) is 0 Å². The molecule has 0 aromatic rings. The van der Waals surface area contributed by atoms with Gasteiger partial charge in [-0.1, -0.05) is 103 Å². The first-order valence-electron chi connectivity index (χ1n) is 11.5. The molecule has 0 saturated heterocycles. The van der Waals surface area contributed by atoms with E-state index >= 15 is 0 Å². The third-order valence-electron chi connectivity index (χ3n) is 6.22. The van der Waals surface area contributed by atoms with Crippen LogP contribution in [0.3, 0.4) is 0 Å². The molecule has 0 spiro atoms. The lowest BCUT2D eigenvalue weighted by atomic mass is 9.69. The van der Waals surface area contributed by atoms with Crippen LogP contribution in [-0.2, 0) is 9.59 Å². The van der Waals surface area contributed by atoms with Crippen LogP contribution in [0.1, 0.15) is 129 Å². The Morgan fingerprint density at radius 2 is 1.12 bits per heavy atom. The molecule has 2 N–H and O–H groups in total. The van der Waals surface area contributed by atoms with Gasteiger partial charge in [0.15, 0.2) is 0 Å². The normalized spacial score (nSPS) is 16.5. The van der Waals surface area contributed by atoms with Gasteiger partial charge in [0, 0.05) is 6.42 Å². The van der Waals surface area contributed by atoms with Gasteiger partial charge < -0.3 is 5.73 Å². The molecule has 0 bridgehead atoms. The first-order chi connectivity index (χ1) is 12.6. The Balaban J connectivity index is 1.98. The second-order valence-corrected chi connectivity index (χ2v) is 8.42. The van der Waals surface area contributed by atoms with E-state index in [4.69, 9.17) is 5.73 Å². The number of rotatable bonds is 16. The molecule has 0 radical (unpaired) electrons. The number of carbonyl (C=O) groups is 2. The van der Waals surface area contributed by atoms with Crippen molar-refractivity contribution >= 4 is 11.7 Å².